The fourth-order valence-corrected chi connectivity index (χ4v) is 2.79. The Labute approximate surface area is 134 Å². The lowest BCUT2D eigenvalue weighted by atomic mass is 9.99. The topological polar surface area (TPSA) is 47.9 Å². The summed E-state index contributed by atoms with van der Waals surface area (Å²) in [6.45, 7) is 7.82. The summed E-state index contributed by atoms with van der Waals surface area (Å²) in [5.74, 6) is 1.75. The number of likely N-dealkylation sites (tertiary alicyclic amines) is 1. The zero-order valence-corrected chi connectivity index (χ0v) is 13.8. The van der Waals surface area contributed by atoms with Crippen molar-refractivity contribution in [2.45, 2.75) is 39.2 Å². The molecule has 1 atom stereocenters. The van der Waals surface area contributed by atoms with Crippen LogP contribution in [0.25, 0.3) is 0 Å². The lowest BCUT2D eigenvalue weighted by Gasteiger charge is -2.33. The highest BCUT2D eigenvalue weighted by atomic mass is 16.3. The smallest absolute Gasteiger partial charge is 0.194 e. The van der Waals surface area contributed by atoms with Crippen molar-refractivity contribution in [1.82, 2.24) is 10.2 Å². The molecule has 4 heteroatoms. The Hall–Kier alpha value is -1.55. The summed E-state index contributed by atoms with van der Waals surface area (Å²) in [5, 5.41) is 13.6. The molecule has 22 heavy (non-hydrogen) atoms. The van der Waals surface area contributed by atoms with Crippen molar-refractivity contribution in [3.05, 3.63) is 35.9 Å². The Morgan fingerprint density at radius 1 is 1.32 bits per heavy atom. The van der Waals surface area contributed by atoms with E-state index in [2.05, 4.69) is 29.1 Å². The molecule has 1 fully saturated rings. The van der Waals surface area contributed by atoms with E-state index < -0.39 is 6.10 Å². The predicted molar refractivity (Wildman–Crippen MR) is 92.1 cm³/mol. The Bertz CT molecular complexity index is 453. The van der Waals surface area contributed by atoms with Crippen LogP contribution in [0.3, 0.4) is 0 Å². The molecule has 1 saturated heterocycles. The summed E-state index contributed by atoms with van der Waals surface area (Å²) in [4.78, 5) is 6.96. The van der Waals surface area contributed by atoms with Gasteiger partial charge in [-0.05, 0) is 31.2 Å². The zero-order chi connectivity index (χ0) is 15.8. The van der Waals surface area contributed by atoms with Gasteiger partial charge in [-0.3, -0.25) is 4.99 Å². The third-order valence-corrected chi connectivity index (χ3v) is 4.18. The lowest BCUT2D eigenvalue weighted by Crippen LogP contribution is -2.45. The average Bonchev–Trinajstić information content (AvgIpc) is 2.53. The molecule has 2 rings (SSSR count). The summed E-state index contributed by atoms with van der Waals surface area (Å²) in [6.07, 6.45) is 2.66. The Balaban J connectivity index is 1.89. The summed E-state index contributed by atoms with van der Waals surface area (Å²) in [6, 6.07) is 10.1. The van der Waals surface area contributed by atoms with Crippen LogP contribution >= 0.6 is 0 Å². The minimum atomic E-state index is -0.431. The van der Waals surface area contributed by atoms with Crippen LogP contribution in [-0.2, 0) is 6.42 Å². The lowest BCUT2D eigenvalue weighted by molar-refractivity contribution is 0.182. The van der Waals surface area contributed by atoms with Crippen LogP contribution in [0.2, 0.25) is 0 Å². The van der Waals surface area contributed by atoms with Crippen molar-refractivity contribution in [1.29, 1.82) is 0 Å². The van der Waals surface area contributed by atoms with Crippen molar-refractivity contribution in [2.24, 2.45) is 10.9 Å². The zero-order valence-electron chi connectivity index (χ0n) is 13.8. The minimum Gasteiger partial charge on any atom is -0.391 e. The van der Waals surface area contributed by atoms with Gasteiger partial charge in [0.25, 0.3) is 0 Å². The fraction of sp³-hybridized carbons (Fsp3) is 0.611. The Morgan fingerprint density at radius 2 is 2.00 bits per heavy atom. The molecule has 0 radical (unpaired) electrons. The molecule has 0 spiro atoms. The molecule has 0 bridgehead atoms. The van der Waals surface area contributed by atoms with Gasteiger partial charge >= 0.3 is 0 Å². The number of aliphatic imine (C=N–C) groups is 1. The monoisotopic (exact) mass is 303 g/mol. The molecule has 1 aliphatic rings. The molecule has 1 aliphatic heterocycles. The van der Waals surface area contributed by atoms with E-state index in [0.717, 1.165) is 37.1 Å². The molecule has 1 unspecified atom stereocenters. The van der Waals surface area contributed by atoms with E-state index in [-0.39, 0.29) is 0 Å². The Morgan fingerprint density at radius 3 is 2.64 bits per heavy atom. The maximum Gasteiger partial charge on any atom is 0.194 e. The molecule has 122 valence electrons. The summed E-state index contributed by atoms with van der Waals surface area (Å²) in [7, 11) is 0. The number of piperidine rings is 1. The van der Waals surface area contributed by atoms with Crippen LogP contribution in [0, 0.1) is 5.92 Å². The van der Waals surface area contributed by atoms with E-state index in [0.29, 0.717) is 13.0 Å². The van der Waals surface area contributed by atoms with Crippen LogP contribution in [0.5, 0.6) is 0 Å². The van der Waals surface area contributed by atoms with Crippen molar-refractivity contribution in [3.8, 4) is 0 Å². The first-order valence-electron chi connectivity index (χ1n) is 8.44. The van der Waals surface area contributed by atoms with E-state index in [1.54, 1.807) is 0 Å². The molecule has 1 heterocycles. The van der Waals surface area contributed by atoms with Gasteiger partial charge in [0.15, 0.2) is 5.96 Å². The second kappa shape index (κ2) is 8.79. The van der Waals surface area contributed by atoms with Crippen molar-refractivity contribution in [2.75, 3.05) is 26.2 Å². The molecular formula is C18H29N3O. The maximum atomic E-state index is 10.2. The van der Waals surface area contributed by atoms with Gasteiger partial charge in [-0.2, -0.15) is 0 Å². The number of nitrogens with zero attached hydrogens (tertiary/aromatic N) is 2. The van der Waals surface area contributed by atoms with E-state index in [1.165, 1.54) is 12.8 Å². The van der Waals surface area contributed by atoms with Gasteiger partial charge in [-0.1, -0.05) is 37.3 Å². The second-order valence-corrected chi connectivity index (χ2v) is 6.21. The average molecular weight is 303 g/mol. The SMILES string of the molecule is CCNC(=NCC(O)Cc1ccccc1)N1CCC(C)CC1. The number of aliphatic hydroxyl groups excluding tert-OH is 1. The first-order valence-corrected chi connectivity index (χ1v) is 8.44. The van der Waals surface area contributed by atoms with Gasteiger partial charge in [-0.25, -0.2) is 0 Å². The van der Waals surface area contributed by atoms with Crippen LogP contribution in [-0.4, -0.2) is 48.2 Å². The predicted octanol–water partition coefficient (Wildman–Crippen LogP) is 2.29. The number of aliphatic hydroxyl groups is 1. The van der Waals surface area contributed by atoms with Crippen LogP contribution in [0.4, 0.5) is 0 Å². The minimum absolute atomic E-state index is 0.431. The van der Waals surface area contributed by atoms with E-state index in [4.69, 9.17) is 0 Å². The third kappa shape index (κ3) is 5.34. The number of hydrogen-bond donors (Lipinski definition) is 2. The van der Waals surface area contributed by atoms with Crippen LogP contribution in [0.15, 0.2) is 35.3 Å². The third-order valence-electron chi connectivity index (χ3n) is 4.18. The molecule has 0 aromatic heterocycles. The van der Waals surface area contributed by atoms with Gasteiger partial charge in [0.2, 0.25) is 0 Å². The highest BCUT2D eigenvalue weighted by Gasteiger charge is 2.18. The van der Waals surface area contributed by atoms with Gasteiger partial charge in [-0.15, -0.1) is 0 Å². The first kappa shape index (κ1) is 16.8. The standard InChI is InChI=1S/C18H29N3O/c1-3-19-18(21-11-9-15(2)10-12-21)20-14-17(22)13-16-7-5-4-6-8-16/h4-8,15,17,22H,3,9-14H2,1-2H3,(H,19,20). The van der Waals surface area contributed by atoms with E-state index in [9.17, 15) is 5.11 Å². The summed E-state index contributed by atoms with van der Waals surface area (Å²) < 4.78 is 0. The molecular weight excluding hydrogens is 274 g/mol. The maximum absolute atomic E-state index is 10.2. The highest BCUT2D eigenvalue weighted by molar-refractivity contribution is 5.80. The number of guanidine groups is 1. The molecule has 0 saturated carbocycles. The number of nitrogens with one attached hydrogen (secondary N) is 1. The number of benzene rings is 1. The van der Waals surface area contributed by atoms with Crippen molar-refractivity contribution >= 4 is 5.96 Å². The summed E-state index contributed by atoms with van der Waals surface area (Å²) in [5.41, 5.74) is 1.15. The van der Waals surface area contributed by atoms with E-state index in [1.807, 2.05) is 30.3 Å². The van der Waals surface area contributed by atoms with E-state index >= 15 is 0 Å². The molecule has 1 aromatic rings. The molecule has 4 nitrogen and oxygen atoms in total. The van der Waals surface area contributed by atoms with Gasteiger partial charge in [0.05, 0.1) is 12.6 Å². The largest absolute Gasteiger partial charge is 0.391 e. The number of hydrogen-bond acceptors (Lipinski definition) is 2. The number of rotatable bonds is 5. The van der Waals surface area contributed by atoms with Crippen LogP contribution < -0.4 is 5.32 Å². The van der Waals surface area contributed by atoms with Gasteiger partial charge in [0.1, 0.15) is 0 Å². The van der Waals surface area contributed by atoms with Crippen molar-refractivity contribution < 1.29 is 5.11 Å². The highest BCUT2D eigenvalue weighted by Crippen LogP contribution is 2.16. The van der Waals surface area contributed by atoms with Gasteiger partial charge in [0, 0.05) is 26.1 Å². The van der Waals surface area contributed by atoms with Crippen LogP contribution in [0.1, 0.15) is 32.3 Å². The normalized spacial score (nSPS) is 18.3. The second-order valence-electron chi connectivity index (χ2n) is 6.21. The van der Waals surface area contributed by atoms with Crippen molar-refractivity contribution in [3.63, 3.8) is 0 Å². The molecule has 1 aromatic carbocycles. The first-order chi connectivity index (χ1) is 10.7. The fourth-order valence-electron chi connectivity index (χ4n) is 2.79. The quantitative estimate of drug-likeness (QED) is 0.648. The summed E-state index contributed by atoms with van der Waals surface area (Å²) >= 11 is 0. The Kier molecular flexibility index (Phi) is 6.72. The molecule has 0 amide bonds. The molecule has 0 aliphatic carbocycles. The molecule has 2 N–H and O–H groups in total. The van der Waals surface area contributed by atoms with Gasteiger partial charge < -0.3 is 15.3 Å².